The van der Waals surface area contributed by atoms with Crippen molar-refractivity contribution in [1.29, 1.82) is 0 Å². The van der Waals surface area contributed by atoms with Gasteiger partial charge < -0.3 is 24.8 Å². The van der Waals surface area contributed by atoms with Crippen LogP contribution >= 0.6 is 0 Å². The molecule has 108 valence electrons. The molecule has 3 N–H and O–H groups in total. The van der Waals surface area contributed by atoms with Gasteiger partial charge in [0.2, 0.25) is 0 Å². The van der Waals surface area contributed by atoms with Crippen molar-refractivity contribution in [2.45, 2.75) is 64.6 Å². The summed E-state index contributed by atoms with van der Waals surface area (Å²) in [4.78, 5) is 0. The van der Waals surface area contributed by atoms with Gasteiger partial charge in [0.15, 0.2) is 6.29 Å². The summed E-state index contributed by atoms with van der Waals surface area (Å²) in [7, 11) is 0. The van der Waals surface area contributed by atoms with Crippen molar-refractivity contribution in [1.82, 2.24) is 0 Å². The number of rotatable bonds is 6. The first-order valence-electron chi connectivity index (χ1n) is 6.63. The lowest BCUT2D eigenvalue weighted by Gasteiger charge is -2.37. The molecule has 0 aliphatic carbocycles. The summed E-state index contributed by atoms with van der Waals surface area (Å²) in [5, 5.41) is 28.3. The van der Waals surface area contributed by atoms with Crippen LogP contribution in [-0.2, 0) is 9.47 Å². The summed E-state index contributed by atoms with van der Waals surface area (Å²) in [6, 6.07) is 0. The molecule has 1 saturated heterocycles. The van der Waals surface area contributed by atoms with E-state index in [-0.39, 0.29) is 18.4 Å². The number of hydrogen-bond acceptors (Lipinski definition) is 5. The first kappa shape index (κ1) is 15.9. The molecule has 0 radical (unpaired) electrons. The Morgan fingerprint density at radius 1 is 1.33 bits per heavy atom. The second-order valence-electron chi connectivity index (χ2n) is 5.81. The van der Waals surface area contributed by atoms with Crippen LogP contribution in [0.15, 0.2) is 0 Å². The van der Waals surface area contributed by atoms with Crippen molar-refractivity contribution >= 4 is 0 Å². The van der Waals surface area contributed by atoms with E-state index in [0.717, 1.165) is 12.8 Å². The monoisotopic (exact) mass is 262 g/mol. The van der Waals surface area contributed by atoms with Gasteiger partial charge >= 0.3 is 0 Å². The van der Waals surface area contributed by atoms with Crippen molar-refractivity contribution in [3.8, 4) is 0 Å². The van der Waals surface area contributed by atoms with Crippen molar-refractivity contribution in [2.24, 2.45) is 5.41 Å². The van der Waals surface area contributed by atoms with Gasteiger partial charge in [-0.2, -0.15) is 0 Å². The second-order valence-corrected chi connectivity index (χ2v) is 5.81. The van der Waals surface area contributed by atoms with Crippen LogP contribution in [0.5, 0.6) is 0 Å². The molecule has 4 atom stereocenters. The Hall–Kier alpha value is -0.200. The molecule has 0 spiro atoms. The molecule has 1 aliphatic rings. The summed E-state index contributed by atoms with van der Waals surface area (Å²) in [5.41, 5.74) is 0.0633. The van der Waals surface area contributed by atoms with E-state index >= 15 is 0 Å². The Morgan fingerprint density at radius 3 is 2.56 bits per heavy atom. The molecular weight excluding hydrogens is 236 g/mol. The molecule has 0 saturated carbocycles. The van der Waals surface area contributed by atoms with Crippen LogP contribution in [0.3, 0.4) is 0 Å². The molecular formula is C13H26O5. The van der Waals surface area contributed by atoms with Gasteiger partial charge in [0.05, 0.1) is 19.3 Å². The highest BCUT2D eigenvalue weighted by atomic mass is 16.7. The lowest BCUT2D eigenvalue weighted by atomic mass is 9.89. The highest BCUT2D eigenvalue weighted by Crippen LogP contribution is 2.26. The lowest BCUT2D eigenvalue weighted by Crippen LogP contribution is -2.50. The number of ether oxygens (including phenoxy) is 2. The van der Waals surface area contributed by atoms with Gasteiger partial charge in [-0.1, -0.05) is 27.2 Å². The Balaban J connectivity index is 2.43. The molecule has 1 heterocycles. The number of hydrogen-bond donors (Lipinski definition) is 3. The van der Waals surface area contributed by atoms with E-state index in [9.17, 15) is 10.2 Å². The van der Waals surface area contributed by atoms with E-state index in [1.807, 2.05) is 0 Å². The average molecular weight is 262 g/mol. The van der Waals surface area contributed by atoms with Crippen LogP contribution in [0, 0.1) is 5.41 Å². The first-order valence-corrected chi connectivity index (χ1v) is 6.63. The van der Waals surface area contributed by atoms with E-state index in [1.54, 1.807) is 0 Å². The maximum absolute atomic E-state index is 9.66. The van der Waals surface area contributed by atoms with Gasteiger partial charge in [-0.15, -0.1) is 0 Å². The Morgan fingerprint density at radius 2 is 2.00 bits per heavy atom. The van der Waals surface area contributed by atoms with Crippen LogP contribution in [-0.4, -0.2) is 53.1 Å². The summed E-state index contributed by atoms with van der Waals surface area (Å²) in [5.74, 6) is 0. The topological polar surface area (TPSA) is 79.2 Å². The first-order chi connectivity index (χ1) is 8.39. The molecule has 1 aliphatic heterocycles. The third-order valence-corrected chi connectivity index (χ3v) is 3.30. The highest BCUT2D eigenvalue weighted by Gasteiger charge is 2.37. The van der Waals surface area contributed by atoms with E-state index in [4.69, 9.17) is 14.6 Å². The van der Waals surface area contributed by atoms with E-state index in [0.29, 0.717) is 6.61 Å². The van der Waals surface area contributed by atoms with Crippen molar-refractivity contribution in [3.63, 3.8) is 0 Å². The Kier molecular flexibility index (Phi) is 6.01. The predicted molar refractivity (Wildman–Crippen MR) is 67.0 cm³/mol. The van der Waals surface area contributed by atoms with Crippen LogP contribution in [0.4, 0.5) is 0 Å². The largest absolute Gasteiger partial charge is 0.394 e. The third kappa shape index (κ3) is 4.48. The van der Waals surface area contributed by atoms with Crippen LogP contribution in [0.1, 0.15) is 40.0 Å². The standard InChI is InChI=1S/C13H26O5/c1-4-5-13(2,3)8-17-11-6-9(15)12(16)10(7-14)18-11/h9-12,14-16H,4-8H2,1-3H3. The maximum atomic E-state index is 9.66. The van der Waals surface area contributed by atoms with Gasteiger partial charge in [-0.05, 0) is 11.8 Å². The van der Waals surface area contributed by atoms with E-state index < -0.39 is 24.6 Å². The number of aliphatic hydroxyl groups excluding tert-OH is 3. The van der Waals surface area contributed by atoms with Gasteiger partial charge in [0.25, 0.3) is 0 Å². The lowest BCUT2D eigenvalue weighted by molar-refractivity contribution is -0.262. The fraction of sp³-hybridized carbons (Fsp3) is 1.00. The zero-order valence-corrected chi connectivity index (χ0v) is 11.5. The predicted octanol–water partition coefficient (Wildman–Crippen LogP) is 0.658. The van der Waals surface area contributed by atoms with Gasteiger partial charge in [-0.25, -0.2) is 0 Å². The quantitative estimate of drug-likeness (QED) is 0.655. The SMILES string of the molecule is CCCC(C)(C)COC1CC(O)C(O)C(CO)O1. The zero-order valence-electron chi connectivity index (χ0n) is 11.5. The fourth-order valence-corrected chi connectivity index (χ4v) is 2.24. The molecule has 5 heteroatoms. The second kappa shape index (κ2) is 6.82. The van der Waals surface area contributed by atoms with Crippen LogP contribution < -0.4 is 0 Å². The molecule has 0 amide bonds. The minimum atomic E-state index is -1.04. The Bertz CT molecular complexity index is 244. The van der Waals surface area contributed by atoms with Crippen LogP contribution in [0.2, 0.25) is 0 Å². The molecule has 0 bridgehead atoms. The molecule has 18 heavy (non-hydrogen) atoms. The highest BCUT2D eigenvalue weighted by molar-refractivity contribution is 4.82. The third-order valence-electron chi connectivity index (χ3n) is 3.30. The van der Waals surface area contributed by atoms with Gasteiger partial charge in [0, 0.05) is 6.42 Å². The molecule has 1 rings (SSSR count). The normalized spacial score (nSPS) is 33.7. The summed E-state index contributed by atoms with van der Waals surface area (Å²) >= 11 is 0. The smallest absolute Gasteiger partial charge is 0.160 e. The fourth-order valence-electron chi connectivity index (χ4n) is 2.24. The molecule has 1 fully saturated rings. The molecule has 4 unspecified atom stereocenters. The average Bonchev–Trinajstić information content (AvgIpc) is 2.30. The van der Waals surface area contributed by atoms with Crippen molar-refractivity contribution in [2.75, 3.05) is 13.2 Å². The molecule has 5 nitrogen and oxygen atoms in total. The minimum absolute atomic E-state index is 0.0633. The van der Waals surface area contributed by atoms with Gasteiger partial charge in [-0.3, -0.25) is 0 Å². The van der Waals surface area contributed by atoms with Gasteiger partial charge in [0.1, 0.15) is 12.2 Å². The molecule has 0 aromatic heterocycles. The van der Waals surface area contributed by atoms with Crippen LogP contribution in [0.25, 0.3) is 0 Å². The van der Waals surface area contributed by atoms with E-state index in [1.165, 1.54) is 0 Å². The maximum Gasteiger partial charge on any atom is 0.160 e. The van der Waals surface area contributed by atoms with Crippen molar-refractivity contribution in [3.05, 3.63) is 0 Å². The molecule has 0 aromatic carbocycles. The zero-order chi connectivity index (χ0) is 13.8. The number of aliphatic hydroxyl groups is 3. The van der Waals surface area contributed by atoms with Crippen molar-refractivity contribution < 1.29 is 24.8 Å². The summed E-state index contributed by atoms with van der Waals surface area (Å²) in [6.07, 6.45) is -0.908. The summed E-state index contributed by atoms with van der Waals surface area (Å²) in [6.45, 7) is 6.58. The Labute approximate surface area is 109 Å². The molecule has 0 aromatic rings. The van der Waals surface area contributed by atoms with E-state index in [2.05, 4.69) is 20.8 Å². The minimum Gasteiger partial charge on any atom is -0.394 e. The summed E-state index contributed by atoms with van der Waals surface area (Å²) < 4.78 is 11.1.